The van der Waals surface area contributed by atoms with Crippen molar-refractivity contribution in [3.63, 3.8) is 0 Å². The van der Waals surface area contributed by atoms with Gasteiger partial charge in [0.15, 0.2) is 0 Å². The molecule has 9 heavy (non-hydrogen) atoms. The van der Waals surface area contributed by atoms with Crippen molar-refractivity contribution in [3.05, 3.63) is 12.2 Å². The van der Waals surface area contributed by atoms with E-state index in [1.807, 2.05) is 0 Å². The van der Waals surface area contributed by atoms with Crippen LogP contribution in [0.25, 0.3) is 0 Å². The van der Waals surface area contributed by atoms with Crippen LogP contribution in [0.5, 0.6) is 0 Å². The Balaban J connectivity index is 3.73. The Morgan fingerprint density at radius 3 is 2.22 bits per heavy atom. The summed E-state index contributed by atoms with van der Waals surface area (Å²) < 4.78 is 23.2. The number of alkyl halides is 2. The molecule has 0 radical (unpaired) electrons. The van der Waals surface area contributed by atoms with Gasteiger partial charge in [0.2, 0.25) is 0 Å². The van der Waals surface area contributed by atoms with Crippen LogP contribution in [0, 0.1) is 0 Å². The zero-order valence-electron chi connectivity index (χ0n) is 4.85. The minimum Gasteiger partial charge on any atom is -0.394 e. The molecule has 0 aromatic heterocycles. The highest BCUT2D eigenvalue weighted by Gasteiger charge is 2.14. The molecule has 0 aliphatic rings. The quantitative estimate of drug-likeness (QED) is 0.543. The van der Waals surface area contributed by atoms with Gasteiger partial charge in [0.1, 0.15) is 0 Å². The fraction of sp³-hybridized carbons (Fsp3) is 0.600. The molecule has 0 rings (SSSR count). The van der Waals surface area contributed by atoms with Gasteiger partial charge in [0.05, 0.1) is 12.6 Å². The van der Waals surface area contributed by atoms with E-state index in [4.69, 9.17) is 10.8 Å². The Hall–Kier alpha value is -0.480. The minimum atomic E-state index is -2.63. The number of aliphatic hydroxyl groups is 1. The van der Waals surface area contributed by atoms with Crippen LogP contribution in [-0.4, -0.2) is 24.2 Å². The average Bonchev–Trinajstić information content (AvgIpc) is 1.84. The van der Waals surface area contributed by atoms with Gasteiger partial charge in [0, 0.05) is 5.57 Å². The number of nitrogens with two attached hydrogens (primary N) is 1. The third-order valence-electron chi connectivity index (χ3n) is 0.953. The highest BCUT2D eigenvalue weighted by Crippen LogP contribution is 2.07. The normalized spacial score (nSPS) is 13.9. The summed E-state index contributed by atoms with van der Waals surface area (Å²) in [5.74, 6) is 0. The van der Waals surface area contributed by atoms with Crippen molar-refractivity contribution in [1.29, 1.82) is 0 Å². The van der Waals surface area contributed by atoms with Crippen molar-refractivity contribution < 1.29 is 13.9 Å². The maximum atomic E-state index is 11.6. The van der Waals surface area contributed by atoms with E-state index in [2.05, 4.69) is 6.58 Å². The molecular weight excluding hydrogens is 128 g/mol. The van der Waals surface area contributed by atoms with Crippen molar-refractivity contribution in [2.75, 3.05) is 6.61 Å². The van der Waals surface area contributed by atoms with E-state index in [-0.39, 0.29) is 0 Å². The fourth-order valence-corrected chi connectivity index (χ4v) is 0.279. The van der Waals surface area contributed by atoms with E-state index in [1.54, 1.807) is 0 Å². The zero-order chi connectivity index (χ0) is 7.44. The highest BCUT2D eigenvalue weighted by atomic mass is 19.3. The Kier molecular flexibility index (Phi) is 3.34. The summed E-state index contributed by atoms with van der Waals surface area (Å²) in [5, 5.41) is 8.23. The van der Waals surface area contributed by atoms with E-state index in [0.717, 1.165) is 0 Å². The summed E-state index contributed by atoms with van der Waals surface area (Å²) in [6, 6.07) is -0.995. The topological polar surface area (TPSA) is 46.2 Å². The third kappa shape index (κ3) is 2.53. The molecular formula is C5H9F2NO. The molecule has 0 heterocycles. The lowest BCUT2D eigenvalue weighted by atomic mass is 10.1. The van der Waals surface area contributed by atoms with Gasteiger partial charge in [-0.05, 0) is 0 Å². The Bertz CT molecular complexity index is 105. The SMILES string of the molecule is C=C(C(F)F)[C@H](N)CO. The first kappa shape index (κ1) is 8.52. The number of hydrogen-bond donors (Lipinski definition) is 2. The number of aliphatic hydroxyl groups excluding tert-OH is 1. The molecule has 2 nitrogen and oxygen atoms in total. The van der Waals surface area contributed by atoms with Gasteiger partial charge in [-0.1, -0.05) is 6.58 Å². The molecule has 1 atom stereocenters. The Morgan fingerprint density at radius 2 is 2.11 bits per heavy atom. The Labute approximate surface area is 52.0 Å². The van der Waals surface area contributed by atoms with Crippen molar-refractivity contribution in [2.24, 2.45) is 5.73 Å². The molecule has 0 saturated heterocycles. The molecule has 54 valence electrons. The molecule has 0 unspecified atom stereocenters. The lowest BCUT2D eigenvalue weighted by Gasteiger charge is -2.09. The largest absolute Gasteiger partial charge is 0.394 e. The van der Waals surface area contributed by atoms with Crippen molar-refractivity contribution >= 4 is 0 Å². The molecule has 0 fully saturated rings. The first-order valence-electron chi connectivity index (χ1n) is 2.43. The van der Waals surface area contributed by atoms with Crippen LogP contribution in [-0.2, 0) is 0 Å². The zero-order valence-corrected chi connectivity index (χ0v) is 4.85. The van der Waals surface area contributed by atoms with Gasteiger partial charge in [-0.2, -0.15) is 0 Å². The minimum absolute atomic E-state index is 0.419. The van der Waals surface area contributed by atoms with Gasteiger partial charge < -0.3 is 10.8 Å². The van der Waals surface area contributed by atoms with Gasteiger partial charge >= 0.3 is 0 Å². The van der Waals surface area contributed by atoms with Crippen molar-refractivity contribution in [2.45, 2.75) is 12.5 Å². The number of rotatable bonds is 3. The summed E-state index contributed by atoms with van der Waals surface area (Å²) in [4.78, 5) is 0. The van der Waals surface area contributed by atoms with E-state index in [0.29, 0.717) is 0 Å². The fourth-order valence-electron chi connectivity index (χ4n) is 0.279. The second kappa shape index (κ2) is 3.53. The summed E-state index contributed by atoms with van der Waals surface area (Å²) in [6.07, 6.45) is -2.63. The summed E-state index contributed by atoms with van der Waals surface area (Å²) in [6.45, 7) is 2.51. The van der Waals surface area contributed by atoms with Gasteiger partial charge in [0.25, 0.3) is 6.43 Å². The summed E-state index contributed by atoms with van der Waals surface area (Å²) >= 11 is 0. The van der Waals surface area contributed by atoms with Crippen molar-refractivity contribution in [1.82, 2.24) is 0 Å². The van der Waals surface area contributed by atoms with Gasteiger partial charge in [-0.25, -0.2) is 8.78 Å². The summed E-state index contributed by atoms with van der Waals surface area (Å²) in [5.41, 5.74) is 4.57. The second-order valence-electron chi connectivity index (χ2n) is 1.66. The number of halogens is 2. The molecule has 0 aromatic carbocycles. The molecule has 0 spiro atoms. The van der Waals surface area contributed by atoms with Crippen LogP contribution in [0.2, 0.25) is 0 Å². The lowest BCUT2D eigenvalue weighted by Crippen LogP contribution is -2.29. The van der Waals surface area contributed by atoms with Crippen LogP contribution in [0.15, 0.2) is 12.2 Å². The molecule has 0 aliphatic carbocycles. The summed E-state index contributed by atoms with van der Waals surface area (Å²) in [7, 11) is 0. The van der Waals surface area contributed by atoms with Crippen molar-refractivity contribution in [3.8, 4) is 0 Å². The van der Waals surface area contributed by atoms with E-state index in [9.17, 15) is 8.78 Å². The van der Waals surface area contributed by atoms with Gasteiger partial charge in [-0.3, -0.25) is 0 Å². The van der Waals surface area contributed by atoms with E-state index in [1.165, 1.54) is 0 Å². The van der Waals surface area contributed by atoms with E-state index < -0.39 is 24.6 Å². The standard InChI is InChI=1S/C5H9F2NO/c1-3(5(6)7)4(8)2-9/h4-5,9H,1-2,8H2/t4-/m1/s1. The smallest absolute Gasteiger partial charge is 0.261 e. The monoisotopic (exact) mass is 137 g/mol. The first-order valence-corrected chi connectivity index (χ1v) is 2.43. The van der Waals surface area contributed by atoms with Crippen LogP contribution in [0.1, 0.15) is 0 Å². The van der Waals surface area contributed by atoms with E-state index >= 15 is 0 Å². The molecule has 0 bridgehead atoms. The van der Waals surface area contributed by atoms with Crippen LogP contribution < -0.4 is 5.73 Å². The van der Waals surface area contributed by atoms with Gasteiger partial charge in [-0.15, -0.1) is 0 Å². The third-order valence-corrected chi connectivity index (χ3v) is 0.953. The predicted octanol–water partition coefficient (Wildman–Crippen LogP) is 0.127. The molecule has 0 aliphatic heterocycles. The molecule has 4 heteroatoms. The second-order valence-corrected chi connectivity index (χ2v) is 1.66. The maximum absolute atomic E-state index is 11.6. The highest BCUT2D eigenvalue weighted by molar-refractivity contribution is 5.06. The van der Waals surface area contributed by atoms with Crippen LogP contribution in [0.4, 0.5) is 8.78 Å². The average molecular weight is 137 g/mol. The molecule has 0 aromatic rings. The maximum Gasteiger partial charge on any atom is 0.261 e. The predicted molar refractivity (Wildman–Crippen MR) is 30.2 cm³/mol. The lowest BCUT2D eigenvalue weighted by molar-refractivity contribution is 0.170. The molecule has 0 amide bonds. The first-order chi connectivity index (χ1) is 4.09. The molecule has 0 saturated carbocycles. The van der Waals surface area contributed by atoms with Crippen LogP contribution >= 0.6 is 0 Å². The van der Waals surface area contributed by atoms with Crippen LogP contribution in [0.3, 0.4) is 0 Å². The Morgan fingerprint density at radius 1 is 1.67 bits per heavy atom. The number of hydrogen-bond acceptors (Lipinski definition) is 2. The molecule has 3 N–H and O–H groups in total.